The summed E-state index contributed by atoms with van der Waals surface area (Å²) in [5, 5.41) is 19.0. The van der Waals surface area contributed by atoms with Gasteiger partial charge in [-0.3, -0.25) is 15.6 Å². The van der Waals surface area contributed by atoms with Crippen LogP contribution >= 0.6 is 9.24 Å². The molecular weight excluding hydrogens is 481 g/mol. The van der Waals surface area contributed by atoms with E-state index in [4.69, 9.17) is 15.6 Å². The first-order chi connectivity index (χ1) is 17.9. The summed E-state index contributed by atoms with van der Waals surface area (Å²) in [6, 6.07) is 12.2. The zero-order valence-corrected chi connectivity index (χ0v) is 23.2. The maximum atomic E-state index is 13.4. The van der Waals surface area contributed by atoms with Gasteiger partial charge in [0.05, 0.1) is 26.1 Å². The number of fused-ring (bicyclic) bond motifs is 1. The number of ether oxygens (including phenoxy) is 1. The molecule has 1 aliphatic carbocycles. The van der Waals surface area contributed by atoms with E-state index in [1.165, 1.54) is 35.3 Å². The van der Waals surface area contributed by atoms with Crippen molar-refractivity contribution < 1.29 is 9.53 Å². The summed E-state index contributed by atoms with van der Waals surface area (Å²) in [5.41, 5.74) is 6.99. The summed E-state index contributed by atoms with van der Waals surface area (Å²) in [4.78, 5) is 16.7. The summed E-state index contributed by atoms with van der Waals surface area (Å²) in [6.07, 6.45) is 6.50. The summed E-state index contributed by atoms with van der Waals surface area (Å²) in [7, 11) is 4.39. The van der Waals surface area contributed by atoms with Crippen LogP contribution < -0.4 is 10.2 Å². The van der Waals surface area contributed by atoms with Crippen molar-refractivity contribution >= 4 is 33.0 Å². The number of benzene rings is 2. The highest BCUT2D eigenvalue weighted by molar-refractivity contribution is 7.17. The van der Waals surface area contributed by atoms with E-state index in [0.717, 1.165) is 73.0 Å². The summed E-state index contributed by atoms with van der Waals surface area (Å²) in [6.45, 7) is 6.51. The number of amides is 1. The Morgan fingerprint density at radius 3 is 2.59 bits per heavy atom. The predicted molar refractivity (Wildman–Crippen MR) is 154 cm³/mol. The minimum absolute atomic E-state index is 0.0550. The third kappa shape index (κ3) is 6.84. The molecule has 0 spiro atoms. The zero-order valence-electron chi connectivity index (χ0n) is 22.1. The number of amidine groups is 1. The number of carbonyl (C=O) groups is 1. The Balaban J connectivity index is 0.000000572. The Kier molecular flexibility index (Phi) is 9.47. The third-order valence-electron chi connectivity index (χ3n) is 7.44. The molecule has 1 unspecified atom stereocenters. The fourth-order valence-corrected chi connectivity index (χ4v) is 5.05. The number of likely N-dealkylation sites (N-methyl/N-ethyl adjacent to an activating group) is 1. The predicted octanol–water partition coefficient (Wildman–Crippen LogP) is 4.62. The Labute approximate surface area is 223 Å². The van der Waals surface area contributed by atoms with Crippen LogP contribution in [0.25, 0.3) is 0 Å². The van der Waals surface area contributed by atoms with Gasteiger partial charge in [0.15, 0.2) is 0 Å². The second kappa shape index (κ2) is 12.8. The lowest BCUT2D eigenvalue weighted by Crippen LogP contribution is -2.27. The van der Waals surface area contributed by atoms with Crippen LogP contribution in [-0.2, 0) is 30.7 Å². The maximum Gasteiger partial charge on any atom is 0.258 e. The Hall–Kier alpha value is -2.60. The van der Waals surface area contributed by atoms with Gasteiger partial charge in [-0.05, 0) is 72.2 Å². The standard InChI is InChI=1S/C26H33N5O.C3H7OP/c1-3-21-10-20(15-29-14-18-6-4-7-18)12-23-24(21)16-31(26(23)32)22-9-5-8-19(11-22)13-25(28)30(2)17-27;5-3-1-4-2-3/h5,8-12,17-18,27-29H,3-4,6-7,13-16H2,1-2H3;3H,1-2,5H2. The molecule has 1 saturated carbocycles. The summed E-state index contributed by atoms with van der Waals surface area (Å²) < 4.78 is 4.81. The van der Waals surface area contributed by atoms with E-state index < -0.39 is 0 Å². The van der Waals surface area contributed by atoms with Crippen molar-refractivity contribution in [2.45, 2.75) is 57.8 Å². The highest BCUT2D eigenvalue weighted by Gasteiger charge is 2.31. The summed E-state index contributed by atoms with van der Waals surface area (Å²) >= 11 is 0. The summed E-state index contributed by atoms with van der Waals surface area (Å²) in [5.74, 6) is 1.22. The molecule has 0 radical (unpaired) electrons. The van der Waals surface area contributed by atoms with E-state index >= 15 is 0 Å². The van der Waals surface area contributed by atoms with Gasteiger partial charge < -0.3 is 19.9 Å². The molecule has 0 aromatic heterocycles. The molecular formula is C29H40N5O2P. The number of nitrogens with one attached hydrogen (secondary N) is 3. The van der Waals surface area contributed by atoms with Gasteiger partial charge in [0.2, 0.25) is 0 Å². The molecule has 1 atom stereocenters. The van der Waals surface area contributed by atoms with Crippen molar-refractivity contribution in [2.75, 3.05) is 31.7 Å². The molecule has 1 saturated heterocycles. The van der Waals surface area contributed by atoms with E-state index in [1.54, 1.807) is 7.05 Å². The van der Waals surface area contributed by atoms with Crippen LogP contribution in [0.3, 0.4) is 0 Å². The van der Waals surface area contributed by atoms with Gasteiger partial charge in [-0.1, -0.05) is 31.5 Å². The highest BCUT2D eigenvalue weighted by atomic mass is 31.0. The van der Waals surface area contributed by atoms with E-state index in [1.807, 2.05) is 29.2 Å². The van der Waals surface area contributed by atoms with Gasteiger partial charge in [-0.15, -0.1) is 9.24 Å². The molecule has 8 heteroatoms. The molecule has 2 fully saturated rings. The van der Waals surface area contributed by atoms with Crippen LogP contribution in [0, 0.1) is 16.7 Å². The third-order valence-corrected chi connectivity index (χ3v) is 7.82. The lowest BCUT2D eigenvalue weighted by atomic mass is 9.85. The first kappa shape index (κ1) is 27.4. The van der Waals surface area contributed by atoms with E-state index in [-0.39, 0.29) is 5.91 Å². The van der Waals surface area contributed by atoms with Gasteiger partial charge in [-0.2, -0.15) is 0 Å². The SMILES string of the molecule is CCc1cc(CNCC2CCC2)cc2c1CN(c1cccc(CC(=N)N(C)C=N)c1)C2=O.PC1COC1. The molecule has 2 aromatic rings. The van der Waals surface area contributed by atoms with E-state index in [0.29, 0.717) is 18.8 Å². The highest BCUT2D eigenvalue weighted by Crippen LogP contribution is 2.32. The molecule has 2 heterocycles. The van der Waals surface area contributed by atoms with E-state index in [2.05, 4.69) is 33.6 Å². The van der Waals surface area contributed by atoms with Crippen LogP contribution in [0.5, 0.6) is 0 Å². The second-order valence-electron chi connectivity index (χ2n) is 10.3. The van der Waals surface area contributed by atoms with Crippen LogP contribution in [0.4, 0.5) is 5.69 Å². The monoisotopic (exact) mass is 521 g/mol. The average molecular weight is 522 g/mol. The van der Waals surface area contributed by atoms with Crippen molar-refractivity contribution in [3.05, 3.63) is 64.2 Å². The van der Waals surface area contributed by atoms with Crippen LogP contribution in [0.1, 0.15) is 58.8 Å². The van der Waals surface area contributed by atoms with Crippen molar-refractivity contribution in [3.8, 4) is 0 Å². The van der Waals surface area contributed by atoms with Gasteiger partial charge in [0.25, 0.3) is 5.91 Å². The van der Waals surface area contributed by atoms with Crippen molar-refractivity contribution in [1.29, 1.82) is 10.8 Å². The molecule has 3 N–H and O–H groups in total. The number of nitrogens with zero attached hydrogens (tertiary/aromatic N) is 2. The Bertz CT molecular complexity index is 1130. The molecule has 5 rings (SSSR count). The van der Waals surface area contributed by atoms with Crippen LogP contribution in [0.2, 0.25) is 0 Å². The lowest BCUT2D eigenvalue weighted by molar-refractivity contribution is 0.0451. The minimum atomic E-state index is 0.0550. The number of carbonyl (C=O) groups excluding carboxylic acids is 1. The topological polar surface area (TPSA) is 92.5 Å². The molecule has 1 amide bonds. The fraction of sp³-hybridized carbons (Fsp3) is 0.483. The minimum Gasteiger partial charge on any atom is -0.380 e. The Morgan fingerprint density at radius 2 is 2.00 bits per heavy atom. The average Bonchev–Trinajstić information content (AvgIpc) is 3.20. The zero-order chi connectivity index (χ0) is 26.4. The van der Waals surface area contributed by atoms with Crippen molar-refractivity contribution in [2.24, 2.45) is 5.92 Å². The largest absolute Gasteiger partial charge is 0.380 e. The maximum absolute atomic E-state index is 13.4. The Morgan fingerprint density at radius 1 is 1.24 bits per heavy atom. The number of aryl methyl sites for hydroxylation is 1. The van der Waals surface area contributed by atoms with Gasteiger partial charge >= 0.3 is 0 Å². The molecule has 198 valence electrons. The molecule has 2 aliphatic heterocycles. The quantitative estimate of drug-likeness (QED) is 0.255. The van der Waals surface area contributed by atoms with E-state index in [9.17, 15) is 4.79 Å². The lowest BCUT2D eigenvalue weighted by Gasteiger charge is -2.25. The number of hydrogen-bond acceptors (Lipinski definition) is 5. The number of anilines is 1. The number of hydrogen-bond donors (Lipinski definition) is 3. The molecule has 2 aromatic carbocycles. The first-order valence-corrected chi connectivity index (χ1v) is 14.0. The van der Waals surface area contributed by atoms with Crippen molar-refractivity contribution in [3.63, 3.8) is 0 Å². The number of rotatable bonds is 9. The van der Waals surface area contributed by atoms with Crippen LogP contribution in [-0.4, -0.2) is 55.4 Å². The molecule has 7 nitrogen and oxygen atoms in total. The van der Waals surface area contributed by atoms with Crippen molar-refractivity contribution in [1.82, 2.24) is 10.2 Å². The van der Waals surface area contributed by atoms with Gasteiger partial charge in [0.1, 0.15) is 5.84 Å². The molecule has 3 aliphatic rings. The first-order valence-electron chi connectivity index (χ1n) is 13.3. The van der Waals surface area contributed by atoms with Gasteiger partial charge in [0, 0.05) is 36.9 Å². The smallest absolute Gasteiger partial charge is 0.258 e. The fourth-order valence-electron chi connectivity index (χ4n) is 4.78. The van der Waals surface area contributed by atoms with Gasteiger partial charge in [-0.25, -0.2) is 0 Å². The second-order valence-corrected chi connectivity index (χ2v) is 11.2. The van der Waals surface area contributed by atoms with Crippen LogP contribution in [0.15, 0.2) is 36.4 Å². The molecule has 37 heavy (non-hydrogen) atoms. The molecule has 0 bridgehead atoms. The normalized spacial score (nSPS) is 16.8.